The highest BCUT2D eigenvalue weighted by Gasteiger charge is 2.18. The fourth-order valence-corrected chi connectivity index (χ4v) is 2.53. The van der Waals surface area contributed by atoms with Gasteiger partial charge in [-0.3, -0.25) is 0 Å². The molecule has 6 heteroatoms. The zero-order chi connectivity index (χ0) is 12.5. The summed E-state index contributed by atoms with van der Waals surface area (Å²) in [5.41, 5.74) is 1.74. The third-order valence-corrected chi connectivity index (χ3v) is 3.73. The normalized spacial score (nSPS) is 14.1. The van der Waals surface area contributed by atoms with E-state index in [0.29, 0.717) is 5.56 Å². The number of aromatic nitrogens is 3. The highest BCUT2D eigenvalue weighted by molar-refractivity contribution is 9.10. The minimum atomic E-state index is 0.652. The Hall–Kier alpha value is -1.87. The van der Waals surface area contributed by atoms with Crippen LogP contribution in [-0.4, -0.2) is 21.3 Å². The zero-order valence-corrected chi connectivity index (χ0v) is 11.1. The Morgan fingerprint density at radius 3 is 3.00 bits per heavy atom. The number of rotatable bonds is 1. The summed E-state index contributed by atoms with van der Waals surface area (Å²) >= 11 is 3.42. The van der Waals surface area contributed by atoms with Gasteiger partial charge in [0.05, 0.1) is 12.1 Å². The van der Waals surface area contributed by atoms with Gasteiger partial charge in [-0.2, -0.15) is 5.26 Å². The molecule has 0 unspecified atom stereocenters. The number of halogens is 1. The van der Waals surface area contributed by atoms with E-state index in [1.54, 1.807) is 6.33 Å². The van der Waals surface area contributed by atoms with Crippen molar-refractivity contribution in [3.63, 3.8) is 0 Å². The summed E-state index contributed by atoms with van der Waals surface area (Å²) in [4.78, 5) is 2.23. The predicted molar refractivity (Wildman–Crippen MR) is 69.9 cm³/mol. The Labute approximate surface area is 113 Å². The Morgan fingerprint density at radius 2 is 2.22 bits per heavy atom. The molecule has 1 aliphatic heterocycles. The van der Waals surface area contributed by atoms with Crippen LogP contribution in [0, 0.1) is 11.3 Å². The van der Waals surface area contributed by atoms with Crippen LogP contribution in [0.25, 0.3) is 0 Å². The van der Waals surface area contributed by atoms with E-state index in [0.717, 1.165) is 35.6 Å². The van der Waals surface area contributed by atoms with Gasteiger partial charge in [-0.15, -0.1) is 10.2 Å². The molecule has 0 N–H and O–H groups in total. The molecule has 0 fully saturated rings. The van der Waals surface area contributed by atoms with Crippen molar-refractivity contribution in [3.8, 4) is 6.07 Å². The van der Waals surface area contributed by atoms with Gasteiger partial charge in [0.15, 0.2) is 5.82 Å². The number of fused-ring (bicyclic) bond motifs is 1. The second kappa shape index (κ2) is 4.42. The van der Waals surface area contributed by atoms with Crippen molar-refractivity contribution < 1.29 is 0 Å². The number of nitrogens with zero attached hydrogens (tertiary/aromatic N) is 5. The lowest BCUT2D eigenvalue weighted by molar-refractivity contribution is 0.560. The first-order valence-corrected chi connectivity index (χ1v) is 6.38. The van der Waals surface area contributed by atoms with Gasteiger partial charge < -0.3 is 9.47 Å². The minimum absolute atomic E-state index is 0.652. The van der Waals surface area contributed by atoms with Crippen molar-refractivity contribution in [2.45, 2.75) is 13.1 Å². The highest BCUT2D eigenvalue weighted by atomic mass is 79.9. The fourth-order valence-electron chi connectivity index (χ4n) is 2.08. The molecule has 0 bridgehead atoms. The van der Waals surface area contributed by atoms with E-state index in [1.807, 2.05) is 18.2 Å². The molecule has 1 aliphatic rings. The smallest absolute Gasteiger partial charge is 0.152 e. The first kappa shape index (κ1) is 11.2. The number of hydrogen-bond donors (Lipinski definition) is 0. The van der Waals surface area contributed by atoms with Gasteiger partial charge >= 0.3 is 0 Å². The van der Waals surface area contributed by atoms with Crippen molar-refractivity contribution in [1.82, 2.24) is 14.8 Å². The molecule has 0 saturated carbocycles. The SMILES string of the molecule is N#Cc1ccc(N2CCn3cnnc3C2)cc1Br. The molecule has 0 aliphatic carbocycles. The van der Waals surface area contributed by atoms with Crippen LogP contribution in [0.4, 0.5) is 5.69 Å². The monoisotopic (exact) mass is 303 g/mol. The third kappa shape index (κ3) is 1.87. The summed E-state index contributed by atoms with van der Waals surface area (Å²) in [7, 11) is 0. The largest absolute Gasteiger partial charge is 0.362 e. The van der Waals surface area contributed by atoms with Gasteiger partial charge in [0.2, 0.25) is 0 Å². The maximum atomic E-state index is 8.91. The Kier molecular flexibility index (Phi) is 2.76. The summed E-state index contributed by atoms with van der Waals surface area (Å²) in [6.07, 6.45) is 1.77. The van der Waals surface area contributed by atoms with Crippen LogP contribution >= 0.6 is 15.9 Å². The first-order chi connectivity index (χ1) is 8.78. The molecule has 2 aromatic rings. The summed E-state index contributed by atoms with van der Waals surface area (Å²) in [6, 6.07) is 7.92. The maximum Gasteiger partial charge on any atom is 0.152 e. The predicted octanol–water partition coefficient (Wildman–Crippen LogP) is 1.93. The summed E-state index contributed by atoms with van der Waals surface area (Å²) < 4.78 is 2.89. The van der Waals surface area contributed by atoms with E-state index in [-0.39, 0.29) is 0 Å². The summed E-state index contributed by atoms with van der Waals surface area (Å²) in [5.74, 6) is 0.974. The average Bonchev–Trinajstić information content (AvgIpc) is 2.85. The molecule has 0 spiro atoms. The van der Waals surface area contributed by atoms with Crippen LogP contribution in [0.3, 0.4) is 0 Å². The molecule has 1 aromatic carbocycles. The van der Waals surface area contributed by atoms with Crippen molar-refractivity contribution in [3.05, 3.63) is 40.4 Å². The number of hydrogen-bond acceptors (Lipinski definition) is 4. The Bertz CT molecular complexity index is 628. The molecule has 90 valence electrons. The van der Waals surface area contributed by atoms with Crippen LogP contribution < -0.4 is 4.90 Å². The van der Waals surface area contributed by atoms with E-state index in [9.17, 15) is 0 Å². The lowest BCUT2D eigenvalue weighted by Gasteiger charge is -2.29. The van der Waals surface area contributed by atoms with Gasteiger partial charge in [0.25, 0.3) is 0 Å². The molecule has 5 nitrogen and oxygen atoms in total. The maximum absolute atomic E-state index is 8.91. The van der Waals surface area contributed by atoms with E-state index in [4.69, 9.17) is 5.26 Å². The topological polar surface area (TPSA) is 57.7 Å². The molecular weight excluding hydrogens is 294 g/mol. The number of benzene rings is 1. The van der Waals surface area contributed by atoms with Gasteiger partial charge in [-0.25, -0.2) is 0 Å². The fraction of sp³-hybridized carbons (Fsp3) is 0.250. The van der Waals surface area contributed by atoms with E-state index >= 15 is 0 Å². The lowest BCUT2D eigenvalue weighted by atomic mass is 10.2. The molecule has 18 heavy (non-hydrogen) atoms. The first-order valence-electron chi connectivity index (χ1n) is 5.59. The molecule has 2 heterocycles. The minimum Gasteiger partial charge on any atom is -0.362 e. The van der Waals surface area contributed by atoms with Crippen LogP contribution in [0.1, 0.15) is 11.4 Å². The van der Waals surface area contributed by atoms with Crippen LogP contribution in [0.2, 0.25) is 0 Å². The Balaban J connectivity index is 1.89. The average molecular weight is 304 g/mol. The molecule has 3 rings (SSSR count). The molecule has 1 aromatic heterocycles. The van der Waals surface area contributed by atoms with Crippen molar-refractivity contribution in [1.29, 1.82) is 5.26 Å². The lowest BCUT2D eigenvalue weighted by Crippen LogP contribution is -2.33. The molecular formula is C12H10BrN5. The van der Waals surface area contributed by atoms with E-state index < -0.39 is 0 Å². The molecule has 0 radical (unpaired) electrons. The standard InChI is InChI=1S/C12H10BrN5/c13-11-5-10(2-1-9(11)6-14)17-3-4-18-8-15-16-12(18)7-17/h1-2,5,8H,3-4,7H2. The number of nitriles is 1. The van der Waals surface area contributed by atoms with E-state index in [1.165, 1.54) is 0 Å². The third-order valence-electron chi connectivity index (χ3n) is 3.08. The van der Waals surface area contributed by atoms with Crippen molar-refractivity contribution >= 4 is 21.6 Å². The second-order valence-corrected chi connectivity index (χ2v) is 4.99. The summed E-state index contributed by atoms with van der Waals surface area (Å²) in [6.45, 7) is 2.56. The van der Waals surface area contributed by atoms with Gasteiger partial charge in [0, 0.05) is 23.2 Å². The van der Waals surface area contributed by atoms with Crippen molar-refractivity contribution in [2.75, 3.05) is 11.4 Å². The van der Waals surface area contributed by atoms with Crippen LogP contribution in [0.5, 0.6) is 0 Å². The molecule has 0 saturated heterocycles. The van der Waals surface area contributed by atoms with Gasteiger partial charge in [0.1, 0.15) is 12.4 Å². The zero-order valence-electron chi connectivity index (χ0n) is 9.54. The number of anilines is 1. The molecule has 0 atom stereocenters. The Morgan fingerprint density at radius 1 is 1.33 bits per heavy atom. The van der Waals surface area contributed by atoms with Gasteiger partial charge in [-0.05, 0) is 34.1 Å². The molecule has 0 amide bonds. The highest BCUT2D eigenvalue weighted by Crippen LogP contribution is 2.26. The van der Waals surface area contributed by atoms with E-state index in [2.05, 4.69) is 41.7 Å². The second-order valence-electron chi connectivity index (χ2n) is 4.14. The summed E-state index contributed by atoms with van der Waals surface area (Å²) in [5, 5.41) is 16.9. The van der Waals surface area contributed by atoms with Crippen molar-refractivity contribution in [2.24, 2.45) is 0 Å². The quantitative estimate of drug-likeness (QED) is 0.808. The van der Waals surface area contributed by atoms with Gasteiger partial charge in [-0.1, -0.05) is 0 Å². The van der Waals surface area contributed by atoms with Crippen LogP contribution in [0.15, 0.2) is 29.0 Å². The van der Waals surface area contributed by atoms with Crippen LogP contribution in [-0.2, 0) is 13.1 Å².